The smallest absolute Gasteiger partial charge is 0.222 e. The van der Waals surface area contributed by atoms with E-state index in [4.69, 9.17) is 0 Å². The van der Waals surface area contributed by atoms with E-state index in [-0.39, 0.29) is 5.91 Å². The van der Waals surface area contributed by atoms with Crippen molar-refractivity contribution in [3.8, 4) is 0 Å². The predicted octanol–water partition coefficient (Wildman–Crippen LogP) is 2.47. The highest BCUT2D eigenvalue weighted by Crippen LogP contribution is 2.13. The van der Waals surface area contributed by atoms with Crippen LogP contribution in [0.25, 0.3) is 0 Å². The molecule has 6 nitrogen and oxygen atoms in total. The van der Waals surface area contributed by atoms with E-state index >= 15 is 0 Å². The Kier molecular flexibility index (Phi) is 8.62. The molecule has 140 valence electrons. The summed E-state index contributed by atoms with van der Waals surface area (Å²) in [6.07, 6.45) is 3.30. The zero-order chi connectivity index (χ0) is 18.6. The number of carbonyl (C=O) groups is 1. The zero-order valence-corrected chi connectivity index (χ0v) is 16.2. The summed E-state index contributed by atoms with van der Waals surface area (Å²) in [5.74, 6) is 0.723. The molecule has 0 aliphatic carbocycles. The lowest BCUT2D eigenvalue weighted by molar-refractivity contribution is -0.121. The van der Waals surface area contributed by atoms with Crippen LogP contribution in [0.3, 0.4) is 0 Å². The van der Waals surface area contributed by atoms with E-state index in [0.29, 0.717) is 32.0 Å². The standard InChI is InChI=1S/C19H27N5OS/c1-3-16-13-23-18(26-16)14-24-19(20-4-2)21-11-10-17(25)22-12-15-8-6-5-7-9-15/h5-9,13H,3-4,10-12,14H2,1-2H3,(H,22,25)(H2,20,21,24). The summed E-state index contributed by atoms with van der Waals surface area (Å²) in [6.45, 7) is 6.53. The van der Waals surface area contributed by atoms with Crippen molar-refractivity contribution >= 4 is 23.2 Å². The highest BCUT2D eigenvalue weighted by Gasteiger charge is 2.04. The Hall–Kier alpha value is -2.41. The first-order valence-electron chi connectivity index (χ1n) is 8.97. The molecule has 0 radical (unpaired) electrons. The van der Waals surface area contributed by atoms with Crippen LogP contribution in [0.1, 0.15) is 35.7 Å². The van der Waals surface area contributed by atoms with Gasteiger partial charge in [-0.3, -0.25) is 4.79 Å². The fourth-order valence-electron chi connectivity index (χ4n) is 2.25. The van der Waals surface area contributed by atoms with Crippen LogP contribution in [-0.2, 0) is 24.3 Å². The summed E-state index contributed by atoms with van der Waals surface area (Å²) in [7, 11) is 0. The second-order valence-corrected chi connectivity index (χ2v) is 6.91. The summed E-state index contributed by atoms with van der Waals surface area (Å²) in [5.41, 5.74) is 1.10. The molecule has 0 fully saturated rings. The van der Waals surface area contributed by atoms with Gasteiger partial charge in [0, 0.05) is 37.1 Å². The predicted molar refractivity (Wildman–Crippen MR) is 107 cm³/mol. The van der Waals surface area contributed by atoms with Crippen molar-refractivity contribution in [2.75, 3.05) is 13.1 Å². The molecule has 26 heavy (non-hydrogen) atoms. The van der Waals surface area contributed by atoms with Gasteiger partial charge in [-0.1, -0.05) is 37.3 Å². The van der Waals surface area contributed by atoms with Crippen LogP contribution in [0.5, 0.6) is 0 Å². The van der Waals surface area contributed by atoms with Crippen LogP contribution in [0.4, 0.5) is 0 Å². The number of guanidine groups is 1. The van der Waals surface area contributed by atoms with E-state index in [1.807, 2.05) is 43.5 Å². The van der Waals surface area contributed by atoms with Gasteiger partial charge in [0.15, 0.2) is 5.96 Å². The average molecular weight is 374 g/mol. The number of hydrogen-bond donors (Lipinski definition) is 3. The van der Waals surface area contributed by atoms with Crippen LogP contribution >= 0.6 is 11.3 Å². The van der Waals surface area contributed by atoms with E-state index in [1.165, 1.54) is 4.88 Å². The van der Waals surface area contributed by atoms with E-state index in [0.717, 1.165) is 23.5 Å². The third-order valence-corrected chi connectivity index (χ3v) is 4.77. The number of aliphatic imine (C=N–C) groups is 1. The first-order valence-corrected chi connectivity index (χ1v) is 9.79. The first kappa shape index (κ1) is 19.9. The maximum absolute atomic E-state index is 12.0. The lowest BCUT2D eigenvalue weighted by atomic mass is 10.2. The highest BCUT2D eigenvalue weighted by molar-refractivity contribution is 7.11. The fourth-order valence-corrected chi connectivity index (χ4v) is 3.04. The SMILES string of the molecule is CCNC(=NCc1ncc(CC)s1)NCCC(=O)NCc1ccccc1. The Morgan fingerprint density at radius 1 is 1.15 bits per heavy atom. The number of aryl methyl sites for hydroxylation is 1. The van der Waals surface area contributed by atoms with Crippen LogP contribution in [0, 0.1) is 0 Å². The molecule has 3 N–H and O–H groups in total. The Morgan fingerprint density at radius 2 is 1.96 bits per heavy atom. The van der Waals surface area contributed by atoms with Crippen molar-refractivity contribution in [1.82, 2.24) is 20.9 Å². The molecule has 7 heteroatoms. The molecular weight excluding hydrogens is 346 g/mol. The second-order valence-electron chi connectivity index (χ2n) is 5.71. The molecule has 2 aromatic rings. The Labute approximate surface area is 159 Å². The average Bonchev–Trinajstić information content (AvgIpc) is 3.13. The van der Waals surface area contributed by atoms with Gasteiger partial charge in [0.05, 0.1) is 6.54 Å². The van der Waals surface area contributed by atoms with Gasteiger partial charge in [0.1, 0.15) is 5.01 Å². The molecule has 0 bridgehead atoms. The zero-order valence-electron chi connectivity index (χ0n) is 15.4. The number of aromatic nitrogens is 1. The highest BCUT2D eigenvalue weighted by atomic mass is 32.1. The van der Waals surface area contributed by atoms with Crippen molar-refractivity contribution in [3.05, 3.63) is 52.0 Å². The number of nitrogens with one attached hydrogen (secondary N) is 3. The molecule has 0 aliphatic heterocycles. The van der Waals surface area contributed by atoms with Gasteiger partial charge in [-0.25, -0.2) is 9.98 Å². The van der Waals surface area contributed by atoms with E-state index < -0.39 is 0 Å². The van der Waals surface area contributed by atoms with Gasteiger partial charge >= 0.3 is 0 Å². The molecule has 0 saturated carbocycles. The molecule has 0 spiro atoms. The first-order chi connectivity index (χ1) is 12.7. The maximum atomic E-state index is 12.0. The number of hydrogen-bond acceptors (Lipinski definition) is 4. The number of thiazole rings is 1. The molecule has 1 amide bonds. The lowest BCUT2D eigenvalue weighted by Crippen LogP contribution is -2.39. The van der Waals surface area contributed by atoms with Gasteiger partial charge in [-0.05, 0) is 18.9 Å². The number of amides is 1. The number of rotatable bonds is 9. The van der Waals surface area contributed by atoms with Crippen LogP contribution in [0.15, 0.2) is 41.5 Å². The van der Waals surface area contributed by atoms with E-state index in [2.05, 4.69) is 32.9 Å². The normalized spacial score (nSPS) is 11.2. The third-order valence-electron chi connectivity index (χ3n) is 3.64. The molecule has 0 saturated heterocycles. The van der Waals surface area contributed by atoms with E-state index in [9.17, 15) is 4.79 Å². The summed E-state index contributed by atoms with van der Waals surface area (Å²) >= 11 is 1.69. The van der Waals surface area contributed by atoms with Gasteiger partial charge in [0.2, 0.25) is 5.91 Å². The monoisotopic (exact) mass is 373 g/mol. The minimum atomic E-state index is 0.0183. The summed E-state index contributed by atoms with van der Waals surface area (Å²) < 4.78 is 0. The molecule has 1 aromatic carbocycles. The molecule has 2 rings (SSSR count). The Bertz CT molecular complexity index is 699. The number of nitrogens with zero attached hydrogens (tertiary/aromatic N) is 2. The van der Waals surface area contributed by atoms with Gasteiger partial charge < -0.3 is 16.0 Å². The van der Waals surface area contributed by atoms with Gasteiger partial charge in [-0.2, -0.15) is 0 Å². The van der Waals surface area contributed by atoms with Crippen LogP contribution in [-0.4, -0.2) is 29.9 Å². The molecule has 1 aromatic heterocycles. The van der Waals surface area contributed by atoms with Crippen molar-refractivity contribution in [2.24, 2.45) is 4.99 Å². The van der Waals surface area contributed by atoms with E-state index in [1.54, 1.807) is 11.3 Å². The number of carbonyl (C=O) groups excluding carboxylic acids is 1. The summed E-state index contributed by atoms with van der Waals surface area (Å²) in [6, 6.07) is 9.89. The van der Waals surface area contributed by atoms with Crippen molar-refractivity contribution in [1.29, 1.82) is 0 Å². The minimum absolute atomic E-state index is 0.0183. The van der Waals surface area contributed by atoms with Gasteiger partial charge in [0.25, 0.3) is 0 Å². The lowest BCUT2D eigenvalue weighted by Gasteiger charge is -2.11. The third kappa shape index (κ3) is 7.23. The Balaban J connectivity index is 1.73. The largest absolute Gasteiger partial charge is 0.357 e. The van der Waals surface area contributed by atoms with Crippen molar-refractivity contribution in [2.45, 2.75) is 39.8 Å². The summed E-state index contributed by atoms with van der Waals surface area (Å²) in [5, 5.41) is 10.3. The second kappa shape index (κ2) is 11.3. The van der Waals surface area contributed by atoms with Crippen LogP contribution < -0.4 is 16.0 Å². The Morgan fingerprint density at radius 3 is 2.65 bits per heavy atom. The molecule has 0 atom stereocenters. The molecule has 0 unspecified atom stereocenters. The number of benzene rings is 1. The summed E-state index contributed by atoms with van der Waals surface area (Å²) in [4.78, 5) is 22.1. The quantitative estimate of drug-likeness (QED) is 0.466. The topological polar surface area (TPSA) is 78.4 Å². The molecular formula is C19H27N5OS. The molecule has 1 heterocycles. The minimum Gasteiger partial charge on any atom is -0.357 e. The molecule has 0 aliphatic rings. The maximum Gasteiger partial charge on any atom is 0.222 e. The van der Waals surface area contributed by atoms with Crippen molar-refractivity contribution in [3.63, 3.8) is 0 Å². The van der Waals surface area contributed by atoms with Crippen LogP contribution in [0.2, 0.25) is 0 Å². The van der Waals surface area contributed by atoms with Gasteiger partial charge in [-0.15, -0.1) is 11.3 Å². The van der Waals surface area contributed by atoms with Crippen molar-refractivity contribution < 1.29 is 4.79 Å². The fraction of sp³-hybridized carbons (Fsp3) is 0.421.